The first kappa shape index (κ1) is 17.7. The van der Waals surface area contributed by atoms with Crippen molar-refractivity contribution in [2.75, 3.05) is 0 Å². The van der Waals surface area contributed by atoms with E-state index < -0.39 is 14.0 Å². The molecular weight excluding hydrogens is 240 g/mol. The van der Waals surface area contributed by atoms with E-state index in [4.69, 9.17) is 0 Å². The third-order valence-corrected chi connectivity index (χ3v) is 6.99. The first-order valence-corrected chi connectivity index (χ1v) is 11.1. The topological polar surface area (TPSA) is 37.3 Å². The number of rotatable bonds is 10. The Balaban J connectivity index is 4.08. The lowest BCUT2D eigenvalue weighted by atomic mass is 10.0. The Kier molecular flexibility index (Phi) is 8.58. The van der Waals surface area contributed by atoms with Crippen molar-refractivity contribution < 1.29 is 9.90 Å². The average Bonchev–Trinajstić information content (AvgIpc) is 2.25. The van der Waals surface area contributed by atoms with Crippen LogP contribution >= 0.6 is 0 Å². The molecule has 0 saturated heterocycles. The summed E-state index contributed by atoms with van der Waals surface area (Å²) in [6, 6.07) is 0. The van der Waals surface area contributed by atoms with Crippen LogP contribution < -0.4 is 0 Å². The Morgan fingerprint density at radius 2 is 1.56 bits per heavy atom. The Labute approximate surface area is 114 Å². The number of hydrogen-bond donors (Lipinski definition) is 1. The second-order valence-corrected chi connectivity index (χ2v) is 12.1. The molecular formula is C15H32O2Si. The molecule has 0 heterocycles. The van der Waals surface area contributed by atoms with E-state index in [1.165, 1.54) is 38.5 Å². The predicted molar refractivity (Wildman–Crippen MR) is 81.9 cm³/mol. The lowest BCUT2D eigenvalue weighted by Gasteiger charge is -2.32. The Bertz CT molecular complexity index is 233. The molecule has 3 heteroatoms. The molecule has 0 aliphatic rings. The molecule has 0 radical (unpaired) electrons. The maximum atomic E-state index is 11.2. The zero-order valence-electron chi connectivity index (χ0n) is 13.0. The molecule has 0 saturated carbocycles. The van der Waals surface area contributed by atoms with E-state index in [0.717, 1.165) is 6.42 Å². The molecule has 0 rings (SSSR count). The van der Waals surface area contributed by atoms with Crippen LogP contribution in [0.5, 0.6) is 0 Å². The van der Waals surface area contributed by atoms with Gasteiger partial charge in [0.25, 0.3) is 0 Å². The van der Waals surface area contributed by atoms with E-state index in [9.17, 15) is 9.90 Å². The fraction of sp³-hybridized carbons (Fsp3) is 0.933. The van der Waals surface area contributed by atoms with Crippen LogP contribution in [0.4, 0.5) is 0 Å². The number of carboxylic acid groups (broad SMARTS) is 1. The molecule has 0 fully saturated rings. The largest absolute Gasteiger partial charge is 0.481 e. The summed E-state index contributed by atoms with van der Waals surface area (Å²) >= 11 is 0. The fourth-order valence-electron chi connectivity index (χ4n) is 2.75. The molecule has 0 aliphatic carbocycles. The van der Waals surface area contributed by atoms with Gasteiger partial charge < -0.3 is 5.11 Å². The number of carbonyl (C=O) groups is 1. The van der Waals surface area contributed by atoms with Gasteiger partial charge in [-0.05, 0) is 5.54 Å². The van der Waals surface area contributed by atoms with Gasteiger partial charge in [-0.2, -0.15) is 0 Å². The Morgan fingerprint density at radius 3 is 2.00 bits per heavy atom. The van der Waals surface area contributed by atoms with Crippen molar-refractivity contribution in [1.29, 1.82) is 0 Å². The summed E-state index contributed by atoms with van der Waals surface area (Å²) in [7, 11) is -1.37. The molecule has 2 atom stereocenters. The highest BCUT2D eigenvalue weighted by molar-refractivity contribution is 6.77. The van der Waals surface area contributed by atoms with Crippen molar-refractivity contribution in [1.82, 2.24) is 0 Å². The first-order chi connectivity index (χ1) is 8.30. The number of hydrogen-bond acceptors (Lipinski definition) is 1. The zero-order chi connectivity index (χ0) is 14.2. The molecule has 0 aromatic carbocycles. The second-order valence-electron chi connectivity index (χ2n) is 6.66. The van der Waals surface area contributed by atoms with Crippen molar-refractivity contribution in [2.24, 2.45) is 5.92 Å². The van der Waals surface area contributed by atoms with E-state index in [1.54, 1.807) is 0 Å². The highest BCUT2D eigenvalue weighted by Gasteiger charge is 2.34. The Morgan fingerprint density at radius 1 is 1.06 bits per heavy atom. The molecule has 0 aromatic heterocycles. The van der Waals surface area contributed by atoms with Crippen LogP contribution in [0.3, 0.4) is 0 Å². The maximum Gasteiger partial charge on any atom is 0.306 e. The van der Waals surface area contributed by atoms with E-state index in [2.05, 4.69) is 26.6 Å². The molecule has 0 aliphatic heterocycles. The first-order valence-electron chi connectivity index (χ1n) is 7.53. The highest BCUT2D eigenvalue weighted by Crippen LogP contribution is 2.35. The molecule has 108 valence electrons. The van der Waals surface area contributed by atoms with Gasteiger partial charge in [0, 0.05) is 8.07 Å². The monoisotopic (exact) mass is 272 g/mol. The van der Waals surface area contributed by atoms with E-state index in [1.807, 2.05) is 6.92 Å². The van der Waals surface area contributed by atoms with Crippen molar-refractivity contribution in [3.63, 3.8) is 0 Å². The van der Waals surface area contributed by atoms with Gasteiger partial charge in [-0.3, -0.25) is 4.79 Å². The van der Waals surface area contributed by atoms with Crippen LogP contribution in [-0.2, 0) is 4.79 Å². The number of carboxylic acids is 1. The molecule has 2 nitrogen and oxygen atoms in total. The molecule has 0 amide bonds. The van der Waals surface area contributed by atoms with Gasteiger partial charge in [0.05, 0.1) is 5.92 Å². The number of aliphatic carboxylic acids is 1. The van der Waals surface area contributed by atoms with Crippen LogP contribution in [0.15, 0.2) is 0 Å². The zero-order valence-corrected chi connectivity index (χ0v) is 14.0. The van der Waals surface area contributed by atoms with Crippen molar-refractivity contribution >= 4 is 14.0 Å². The van der Waals surface area contributed by atoms with Crippen molar-refractivity contribution in [3.8, 4) is 0 Å². The minimum absolute atomic E-state index is 0.174. The van der Waals surface area contributed by atoms with Crippen LogP contribution in [0, 0.1) is 5.92 Å². The van der Waals surface area contributed by atoms with Crippen LogP contribution in [0.1, 0.15) is 58.8 Å². The lowest BCUT2D eigenvalue weighted by molar-refractivity contribution is -0.141. The smallest absolute Gasteiger partial charge is 0.306 e. The van der Waals surface area contributed by atoms with Gasteiger partial charge >= 0.3 is 5.97 Å². The normalized spacial score (nSPS) is 15.4. The van der Waals surface area contributed by atoms with Crippen molar-refractivity contribution in [2.45, 2.75) is 84.0 Å². The summed E-state index contributed by atoms with van der Waals surface area (Å²) in [4.78, 5) is 11.2. The Hall–Kier alpha value is -0.313. The molecule has 0 spiro atoms. The maximum absolute atomic E-state index is 11.2. The average molecular weight is 273 g/mol. The molecule has 18 heavy (non-hydrogen) atoms. The number of unbranched alkanes of at least 4 members (excludes halogenated alkanes) is 5. The van der Waals surface area contributed by atoms with Crippen molar-refractivity contribution in [3.05, 3.63) is 0 Å². The minimum Gasteiger partial charge on any atom is -0.481 e. The van der Waals surface area contributed by atoms with Crippen LogP contribution in [-0.4, -0.2) is 19.1 Å². The second kappa shape index (κ2) is 8.73. The summed E-state index contributed by atoms with van der Waals surface area (Å²) in [6.45, 7) is 11.0. The SMILES string of the molecule is CCCCCCCCC(C(C)C(=O)O)[Si](C)(C)C. The minimum atomic E-state index is -1.37. The van der Waals surface area contributed by atoms with Gasteiger partial charge in [0.2, 0.25) is 0 Å². The van der Waals surface area contributed by atoms with Crippen LogP contribution in [0.25, 0.3) is 0 Å². The van der Waals surface area contributed by atoms with Gasteiger partial charge in [0.15, 0.2) is 0 Å². The van der Waals surface area contributed by atoms with Gasteiger partial charge in [0.1, 0.15) is 0 Å². The fourth-order valence-corrected chi connectivity index (χ4v) is 5.46. The summed E-state index contributed by atoms with van der Waals surface area (Å²) in [5.41, 5.74) is 0.418. The summed E-state index contributed by atoms with van der Waals surface area (Å²) in [5, 5.41) is 9.21. The van der Waals surface area contributed by atoms with Gasteiger partial charge in [-0.15, -0.1) is 0 Å². The highest BCUT2D eigenvalue weighted by atomic mass is 28.3. The van der Waals surface area contributed by atoms with E-state index in [-0.39, 0.29) is 5.92 Å². The molecule has 1 N–H and O–H groups in total. The van der Waals surface area contributed by atoms with E-state index in [0.29, 0.717) is 5.54 Å². The van der Waals surface area contributed by atoms with Crippen LogP contribution in [0.2, 0.25) is 25.2 Å². The summed E-state index contributed by atoms with van der Waals surface area (Å²) in [6.07, 6.45) is 8.85. The summed E-state index contributed by atoms with van der Waals surface area (Å²) in [5.74, 6) is -0.791. The third kappa shape index (κ3) is 7.19. The van der Waals surface area contributed by atoms with Gasteiger partial charge in [-0.1, -0.05) is 78.4 Å². The quantitative estimate of drug-likeness (QED) is 0.440. The standard InChI is InChI=1S/C15H32O2Si/c1-6-7-8-9-10-11-12-14(18(3,4)5)13(2)15(16)17/h13-14H,6-12H2,1-5H3,(H,16,17). The third-order valence-electron chi connectivity index (χ3n) is 3.97. The van der Waals surface area contributed by atoms with E-state index >= 15 is 0 Å². The lowest BCUT2D eigenvalue weighted by Crippen LogP contribution is -2.35. The molecule has 2 unspecified atom stereocenters. The van der Waals surface area contributed by atoms with Gasteiger partial charge in [-0.25, -0.2) is 0 Å². The predicted octanol–water partition coefficient (Wildman–Crippen LogP) is 5.17. The summed E-state index contributed by atoms with van der Waals surface area (Å²) < 4.78 is 0. The molecule has 0 bridgehead atoms. The molecule has 0 aromatic rings.